The number of carbonyl (C=O) groups excluding carboxylic acids is 1. The van der Waals surface area contributed by atoms with Crippen LogP contribution in [0.3, 0.4) is 0 Å². The Kier molecular flexibility index (Phi) is 3.40. The second kappa shape index (κ2) is 4.09. The van der Waals surface area contributed by atoms with E-state index in [1.807, 2.05) is 0 Å². The molecule has 5 nitrogen and oxygen atoms in total. The van der Waals surface area contributed by atoms with Crippen LogP contribution in [0.1, 0.15) is 26.7 Å². The molecule has 0 saturated carbocycles. The number of hydrogen-bond donors (Lipinski definition) is 1. The Morgan fingerprint density at radius 1 is 1.33 bits per heavy atom. The summed E-state index contributed by atoms with van der Waals surface area (Å²) < 4.78 is 27.8. The van der Waals surface area contributed by atoms with Gasteiger partial charge in [0, 0.05) is 13.2 Å². The number of carbonyl (C=O) groups is 1. The highest BCUT2D eigenvalue weighted by Gasteiger charge is 2.45. The molecule has 1 aliphatic heterocycles. The maximum atomic E-state index is 12.1. The van der Waals surface area contributed by atoms with Crippen LogP contribution >= 0.6 is 0 Å². The van der Waals surface area contributed by atoms with Gasteiger partial charge in [-0.2, -0.15) is 0 Å². The lowest BCUT2D eigenvalue weighted by Crippen LogP contribution is -2.50. The molecule has 1 fully saturated rings. The second-order valence-corrected chi connectivity index (χ2v) is 7.01. The van der Waals surface area contributed by atoms with Crippen LogP contribution in [-0.4, -0.2) is 37.5 Å². The van der Waals surface area contributed by atoms with Crippen molar-refractivity contribution in [1.29, 1.82) is 0 Å². The molecule has 0 bridgehead atoms. The highest BCUT2D eigenvalue weighted by molar-refractivity contribution is 7.94. The van der Waals surface area contributed by atoms with Crippen molar-refractivity contribution in [3.63, 3.8) is 0 Å². The number of rotatable bonds is 3. The fraction of sp³-hybridized carbons (Fsp3) is 0.889. The molecule has 88 valence electrons. The summed E-state index contributed by atoms with van der Waals surface area (Å²) in [4.78, 5) is 11.1. The van der Waals surface area contributed by atoms with Crippen LogP contribution in [0.15, 0.2) is 0 Å². The van der Waals surface area contributed by atoms with Crippen molar-refractivity contribution in [2.75, 3.05) is 13.2 Å². The molecule has 0 aliphatic carbocycles. The summed E-state index contributed by atoms with van der Waals surface area (Å²) in [5.74, 6) is -0.797. The summed E-state index contributed by atoms with van der Waals surface area (Å²) in [5.41, 5.74) is 5.11. The standard InChI is InChI=1S/C9H17NO4S/c1-9(2,8(10)11)15(12,13)7-3-5-14-6-4-7/h7H,3-6H2,1-2H3,(H2,10,11). The van der Waals surface area contributed by atoms with Gasteiger partial charge in [-0.15, -0.1) is 0 Å². The lowest BCUT2D eigenvalue weighted by atomic mass is 10.2. The Morgan fingerprint density at radius 2 is 1.80 bits per heavy atom. The van der Waals surface area contributed by atoms with Crippen LogP contribution in [0, 0.1) is 0 Å². The predicted molar refractivity (Wildman–Crippen MR) is 56.0 cm³/mol. The largest absolute Gasteiger partial charge is 0.381 e. The van der Waals surface area contributed by atoms with Gasteiger partial charge in [0.2, 0.25) is 5.91 Å². The average Bonchev–Trinajstić information content (AvgIpc) is 2.18. The minimum atomic E-state index is -3.52. The van der Waals surface area contributed by atoms with Crippen molar-refractivity contribution in [1.82, 2.24) is 0 Å². The molecule has 1 saturated heterocycles. The number of primary amides is 1. The van der Waals surface area contributed by atoms with E-state index < -0.39 is 25.7 Å². The fourth-order valence-corrected chi connectivity index (χ4v) is 3.47. The van der Waals surface area contributed by atoms with Crippen LogP contribution in [0.25, 0.3) is 0 Å². The SMILES string of the molecule is CC(C)(C(N)=O)S(=O)(=O)C1CCOCC1. The number of hydrogen-bond acceptors (Lipinski definition) is 4. The molecule has 0 unspecified atom stereocenters. The molecule has 0 atom stereocenters. The highest BCUT2D eigenvalue weighted by atomic mass is 32.2. The lowest BCUT2D eigenvalue weighted by molar-refractivity contribution is -0.119. The molecular formula is C9H17NO4S. The first-order valence-electron chi connectivity index (χ1n) is 4.91. The quantitative estimate of drug-likeness (QED) is 0.736. The molecule has 0 aromatic carbocycles. The molecule has 0 aromatic rings. The summed E-state index contributed by atoms with van der Waals surface area (Å²) in [5, 5.41) is -0.506. The Hall–Kier alpha value is -0.620. The smallest absolute Gasteiger partial charge is 0.238 e. The highest BCUT2D eigenvalue weighted by Crippen LogP contribution is 2.27. The third kappa shape index (κ3) is 2.15. The van der Waals surface area contributed by atoms with E-state index in [4.69, 9.17) is 10.5 Å². The first-order chi connectivity index (χ1) is 6.80. The van der Waals surface area contributed by atoms with Crippen molar-refractivity contribution in [2.24, 2.45) is 5.73 Å². The third-order valence-corrected chi connectivity index (χ3v) is 5.88. The van der Waals surface area contributed by atoms with Gasteiger partial charge < -0.3 is 10.5 Å². The molecule has 0 aromatic heterocycles. The average molecular weight is 235 g/mol. The van der Waals surface area contributed by atoms with Crippen LogP contribution in [0.2, 0.25) is 0 Å². The summed E-state index contributed by atoms with van der Waals surface area (Å²) in [6, 6.07) is 0. The third-order valence-electron chi connectivity index (χ3n) is 2.91. The molecule has 1 amide bonds. The fourth-order valence-electron chi connectivity index (χ4n) is 1.54. The van der Waals surface area contributed by atoms with Gasteiger partial charge in [-0.05, 0) is 26.7 Å². The van der Waals surface area contributed by atoms with E-state index in [2.05, 4.69) is 0 Å². The van der Waals surface area contributed by atoms with E-state index in [9.17, 15) is 13.2 Å². The molecule has 0 spiro atoms. The van der Waals surface area contributed by atoms with E-state index >= 15 is 0 Å². The minimum absolute atomic E-state index is 0.429. The van der Waals surface area contributed by atoms with Crippen LogP contribution in [-0.2, 0) is 19.4 Å². The molecular weight excluding hydrogens is 218 g/mol. The van der Waals surface area contributed by atoms with E-state index in [-0.39, 0.29) is 0 Å². The number of nitrogens with two attached hydrogens (primary N) is 1. The first kappa shape index (κ1) is 12.4. The van der Waals surface area contributed by atoms with Crippen LogP contribution in [0.5, 0.6) is 0 Å². The first-order valence-corrected chi connectivity index (χ1v) is 6.46. The van der Waals surface area contributed by atoms with Crippen LogP contribution in [0.4, 0.5) is 0 Å². The molecule has 6 heteroatoms. The van der Waals surface area contributed by atoms with Gasteiger partial charge in [0.05, 0.1) is 5.25 Å². The maximum Gasteiger partial charge on any atom is 0.238 e. The van der Waals surface area contributed by atoms with Gasteiger partial charge >= 0.3 is 0 Å². The van der Waals surface area contributed by atoms with E-state index in [1.54, 1.807) is 0 Å². The zero-order valence-electron chi connectivity index (χ0n) is 9.02. The van der Waals surface area contributed by atoms with Crippen molar-refractivity contribution in [2.45, 2.75) is 36.7 Å². The molecule has 2 N–H and O–H groups in total. The summed E-state index contributed by atoms with van der Waals surface area (Å²) in [7, 11) is -3.52. The Morgan fingerprint density at radius 3 is 2.20 bits per heavy atom. The molecule has 1 aliphatic rings. The van der Waals surface area contributed by atoms with Crippen molar-refractivity contribution < 1.29 is 17.9 Å². The van der Waals surface area contributed by atoms with E-state index in [1.165, 1.54) is 13.8 Å². The van der Waals surface area contributed by atoms with Gasteiger partial charge in [-0.25, -0.2) is 8.42 Å². The second-order valence-electron chi connectivity index (χ2n) is 4.23. The van der Waals surface area contributed by atoms with Gasteiger partial charge in [0.25, 0.3) is 0 Å². The molecule has 1 heterocycles. The molecule has 0 radical (unpaired) electrons. The minimum Gasteiger partial charge on any atom is -0.381 e. The van der Waals surface area contributed by atoms with E-state index in [0.29, 0.717) is 26.1 Å². The number of amides is 1. The van der Waals surface area contributed by atoms with Crippen molar-refractivity contribution >= 4 is 15.7 Å². The summed E-state index contributed by atoms with van der Waals surface area (Å²) >= 11 is 0. The van der Waals surface area contributed by atoms with E-state index in [0.717, 1.165) is 0 Å². The van der Waals surface area contributed by atoms with Crippen LogP contribution < -0.4 is 5.73 Å². The van der Waals surface area contributed by atoms with Gasteiger partial charge in [-0.3, -0.25) is 4.79 Å². The van der Waals surface area contributed by atoms with Gasteiger partial charge in [0.1, 0.15) is 4.75 Å². The van der Waals surface area contributed by atoms with Gasteiger partial charge in [-0.1, -0.05) is 0 Å². The zero-order chi connectivity index (χ0) is 11.7. The Bertz CT molecular complexity index is 341. The summed E-state index contributed by atoms with van der Waals surface area (Å²) in [6.07, 6.45) is 0.887. The Balaban J connectivity index is 2.95. The number of ether oxygens (including phenoxy) is 1. The lowest BCUT2D eigenvalue weighted by Gasteiger charge is -2.29. The van der Waals surface area contributed by atoms with Crippen molar-refractivity contribution in [3.8, 4) is 0 Å². The number of sulfone groups is 1. The monoisotopic (exact) mass is 235 g/mol. The zero-order valence-corrected chi connectivity index (χ0v) is 9.84. The molecule has 1 rings (SSSR count). The van der Waals surface area contributed by atoms with Crippen molar-refractivity contribution in [3.05, 3.63) is 0 Å². The van der Waals surface area contributed by atoms with Gasteiger partial charge in [0.15, 0.2) is 9.84 Å². The topological polar surface area (TPSA) is 86.5 Å². The maximum absolute atomic E-state index is 12.1. The normalized spacial score (nSPS) is 20.1. The Labute approximate surface area is 89.9 Å². The molecule has 15 heavy (non-hydrogen) atoms. The predicted octanol–water partition coefficient (Wildman–Crippen LogP) is -0.156. The summed E-state index contributed by atoms with van der Waals surface area (Å²) in [6.45, 7) is 3.58.